The van der Waals surface area contributed by atoms with Gasteiger partial charge in [0.05, 0.1) is 5.92 Å². The molecule has 1 aromatic heterocycles. The van der Waals surface area contributed by atoms with Crippen LogP contribution in [0.1, 0.15) is 32.9 Å². The van der Waals surface area contributed by atoms with Gasteiger partial charge in [-0.15, -0.1) is 0 Å². The second-order valence-electron chi connectivity index (χ2n) is 6.23. The van der Waals surface area contributed by atoms with E-state index in [2.05, 4.69) is 10.3 Å². The Hall–Kier alpha value is -1.91. The van der Waals surface area contributed by atoms with Gasteiger partial charge >= 0.3 is 0 Å². The molecule has 1 unspecified atom stereocenters. The summed E-state index contributed by atoms with van der Waals surface area (Å²) in [5.41, 5.74) is 0.606. The van der Waals surface area contributed by atoms with Crippen molar-refractivity contribution in [2.45, 2.75) is 39.7 Å². The molecule has 0 spiro atoms. The molecule has 1 fully saturated rings. The number of carbonyl (C=O) groups is 2. The Morgan fingerprint density at radius 3 is 2.65 bits per heavy atom. The molecule has 5 nitrogen and oxygen atoms in total. The van der Waals surface area contributed by atoms with E-state index in [1.165, 1.54) is 0 Å². The maximum atomic E-state index is 12.2. The van der Waals surface area contributed by atoms with Crippen molar-refractivity contribution in [3.63, 3.8) is 0 Å². The zero-order valence-corrected chi connectivity index (χ0v) is 12.4. The molecule has 20 heavy (non-hydrogen) atoms. The molecule has 0 aliphatic carbocycles. The highest BCUT2D eigenvalue weighted by molar-refractivity contribution is 5.96. The lowest BCUT2D eigenvalue weighted by Gasteiger charge is -2.31. The highest BCUT2D eigenvalue weighted by atomic mass is 16.2. The van der Waals surface area contributed by atoms with Crippen molar-refractivity contribution in [2.24, 2.45) is 5.92 Å². The molecule has 0 saturated carbocycles. The van der Waals surface area contributed by atoms with Crippen LogP contribution in [0.5, 0.6) is 0 Å². The van der Waals surface area contributed by atoms with E-state index in [0.717, 1.165) is 5.69 Å². The van der Waals surface area contributed by atoms with Crippen LogP contribution in [0.4, 0.5) is 5.82 Å². The Morgan fingerprint density at radius 2 is 2.10 bits per heavy atom. The number of nitrogens with zero attached hydrogens (tertiary/aromatic N) is 2. The lowest BCUT2D eigenvalue weighted by Crippen LogP contribution is -2.42. The van der Waals surface area contributed by atoms with Crippen molar-refractivity contribution in [2.75, 3.05) is 11.9 Å². The molecule has 1 aromatic rings. The average Bonchev–Trinajstić information content (AvgIpc) is 2.71. The Balaban J connectivity index is 2.03. The van der Waals surface area contributed by atoms with Crippen LogP contribution in [0.25, 0.3) is 0 Å². The molecule has 0 bridgehead atoms. The summed E-state index contributed by atoms with van der Waals surface area (Å²) in [7, 11) is 0. The minimum Gasteiger partial charge on any atom is -0.337 e. The van der Waals surface area contributed by atoms with Gasteiger partial charge in [-0.1, -0.05) is 6.07 Å². The van der Waals surface area contributed by atoms with Gasteiger partial charge in [0.1, 0.15) is 5.82 Å². The largest absolute Gasteiger partial charge is 0.337 e. The summed E-state index contributed by atoms with van der Waals surface area (Å²) < 4.78 is 0. The van der Waals surface area contributed by atoms with Gasteiger partial charge in [-0.3, -0.25) is 9.59 Å². The fourth-order valence-corrected chi connectivity index (χ4v) is 2.37. The molecule has 2 heterocycles. The predicted octanol–water partition coefficient (Wildman–Crippen LogP) is 1.98. The van der Waals surface area contributed by atoms with Crippen LogP contribution in [0.2, 0.25) is 0 Å². The molecular weight excluding hydrogens is 254 g/mol. The van der Waals surface area contributed by atoms with E-state index in [0.29, 0.717) is 12.4 Å². The van der Waals surface area contributed by atoms with Gasteiger partial charge in [-0.05, 0) is 39.8 Å². The minimum absolute atomic E-state index is 0.0369. The Labute approximate surface area is 119 Å². The van der Waals surface area contributed by atoms with E-state index in [1.807, 2.05) is 39.8 Å². The minimum atomic E-state index is -0.302. The van der Waals surface area contributed by atoms with E-state index in [-0.39, 0.29) is 29.7 Å². The van der Waals surface area contributed by atoms with Gasteiger partial charge in [0.15, 0.2) is 0 Å². The summed E-state index contributed by atoms with van der Waals surface area (Å²) in [6.45, 7) is 8.28. The molecule has 1 N–H and O–H groups in total. The third kappa shape index (κ3) is 3.15. The van der Waals surface area contributed by atoms with E-state index in [1.54, 1.807) is 11.0 Å². The third-order valence-corrected chi connectivity index (χ3v) is 3.45. The molecule has 1 atom stereocenters. The van der Waals surface area contributed by atoms with Crippen LogP contribution in [0.15, 0.2) is 18.2 Å². The number of nitrogens with one attached hydrogen (secondary N) is 1. The van der Waals surface area contributed by atoms with Gasteiger partial charge in [-0.2, -0.15) is 0 Å². The van der Waals surface area contributed by atoms with E-state index < -0.39 is 0 Å². The highest BCUT2D eigenvalue weighted by Crippen LogP contribution is 2.26. The van der Waals surface area contributed by atoms with Gasteiger partial charge in [0.25, 0.3) is 0 Å². The first kappa shape index (κ1) is 14.5. The van der Waals surface area contributed by atoms with E-state index in [9.17, 15) is 9.59 Å². The number of pyridine rings is 1. The standard InChI is InChI=1S/C15H21N3O2/c1-10-6-5-7-12(16-10)17-14(20)11-8-13(19)18(9-11)15(2,3)4/h5-7,11H,8-9H2,1-4H3,(H,16,17,20). The Morgan fingerprint density at radius 1 is 1.40 bits per heavy atom. The van der Waals surface area contributed by atoms with Crippen molar-refractivity contribution in [3.8, 4) is 0 Å². The van der Waals surface area contributed by atoms with Crippen molar-refractivity contribution >= 4 is 17.6 Å². The normalized spacial score (nSPS) is 19.3. The fourth-order valence-electron chi connectivity index (χ4n) is 2.37. The zero-order valence-electron chi connectivity index (χ0n) is 12.4. The highest BCUT2D eigenvalue weighted by Gasteiger charge is 2.39. The second-order valence-corrected chi connectivity index (χ2v) is 6.23. The number of hydrogen-bond donors (Lipinski definition) is 1. The first-order valence-electron chi connectivity index (χ1n) is 6.82. The quantitative estimate of drug-likeness (QED) is 0.897. The molecule has 1 aliphatic heterocycles. The number of anilines is 1. The monoisotopic (exact) mass is 275 g/mol. The van der Waals surface area contributed by atoms with E-state index >= 15 is 0 Å². The van der Waals surface area contributed by atoms with Crippen LogP contribution in [-0.4, -0.2) is 33.8 Å². The number of rotatable bonds is 2. The molecule has 1 aliphatic rings. The number of aryl methyl sites for hydroxylation is 1. The lowest BCUT2D eigenvalue weighted by molar-refractivity contribution is -0.131. The number of aromatic nitrogens is 1. The van der Waals surface area contributed by atoms with E-state index in [4.69, 9.17) is 0 Å². The molecule has 2 amide bonds. The SMILES string of the molecule is Cc1cccc(NC(=O)C2CC(=O)N(C(C)(C)C)C2)n1. The summed E-state index contributed by atoms with van der Waals surface area (Å²) >= 11 is 0. The van der Waals surface area contributed by atoms with Crippen LogP contribution >= 0.6 is 0 Å². The fraction of sp³-hybridized carbons (Fsp3) is 0.533. The molecular formula is C15H21N3O2. The smallest absolute Gasteiger partial charge is 0.230 e. The molecule has 0 aromatic carbocycles. The molecule has 1 saturated heterocycles. The predicted molar refractivity (Wildman–Crippen MR) is 77.2 cm³/mol. The Bertz CT molecular complexity index is 534. The van der Waals surface area contributed by atoms with Crippen LogP contribution < -0.4 is 5.32 Å². The molecule has 0 radical (unpaired) electrons. The van der Waals surface area contributed by atoms with Gasteiger partial charge in [0.2, 0.25) is 11.8 Å². The summed E-state index contributed by atoms with van der Waals surface area (Å²) in [6, 6.07) is 5.47. The van der Waals surface area contributed by atoms with Gasteiger partial charge < -0.3 is 10.2 Å². The summed E-state index contributed by atoms with van der Waals surface area (Å²) in [5.74, 6) is 0.138. The Kier molecular flexibility index (Phi) is 3.79. The van der Waals surface area contributed by atoms with Crippen molar-refractivity contribution in [1.82, 2.24) is 9.88 Å². The summed E-state index contributed by atoms with van der Waals surface area (Å²) in [4.78, 5) is 30.2. The first-order chi connectivity index (χ1) is 9.27. The molecule has 2 rings (SSSR count). The first-order valence-corrected chi connectivity index (χ1v) is 6.82. The van der Waals surface area contributed by atoms with Crippen molar-refractivity contribution in [3.05, 3.63) is 23.9 Å². The number of hydrogen-bond acceptors (Lipinski definition) is 3. The molecule has 5 heteroatoms. The summed E-state index contributed by atoms with van der Waals surface area (Å²) in [5, 5.41) is 2.79. The number of amides is 2. The topological polar surface area (TPSA) is 62.3 Å². The van der Waals surface area contributed by atoms with Crippen LogP contribution in [0.3, 0.4) is 0 Å². The average molecular weight is 275 g/mol. The van der Waals surface area contributed by atoms with Crippen molar-refractivity contribution in [1.29, 1.82) is 0 Å². The molecule has 108 valence electrons. The van der Waals surface area contributed by atoms with Crippen molar-refractivity contribution < 1.29 is 9.59 Å². The lowest BCUT2D eigenvalue weighted by atomic mass is 10.1. The van der Waals surface area contributed by atoms with Crippen LogP contribution in [-0.2, 0) is 9.59 Å². The maximum absolute atomic E-state index is 12.2. The second kappa shape index (κ2) is 5.23. The summed E-state index contributed by atoms with van der Waals surface area (Å²) in [6.07, 6.45) is 0.273. The number of likely N-dealkylation sites (tertiary alicyclic amines) is 1. The maximum Gasteiger partial charge on any atom is 0.230 e. The third-order valence-electron chi connectivity index (χ3n) is 3.45. The zero-order chi connectivity index (χ0) is 14.9. The van der Waals surface area contributed by atoms with Gasteiger partial charge in [0, 0.05) is 24.2 Å². The van der Waals surface area contributed by atoms with Crippen LogP contribution in [0, 0.1) is 12.8 Å². The van der Waals surface area contributed by atoms with Gasteiger partial charge in [-0.25, -0.2) is 4.98 Å². The number of carbonyl (C=O) groups excluding carboxylic acids is 2.